The van der Waals surface area contributed by atoms with Crippen molar-refractivity contribution in [1.82, 2.24) is 5.32 Å². The quantitative estimate of drug-likeness (QED) is 0.534. The Morgan fingerprint density at radius 1 is 1.30 bits per heavy atom. The first-order valence-electron chi connectivity index (χ1n) is 4.15. The molecule has 2 aliphatic rings. The number of carbonyl (C=O) groups is 1. The molecule has 0 aromatic carbocycles. The molecule has 2 heteroatoms. The molecule has 2 fully saturated rings. The predicted molar refractivity (Wildman–Crippen MR) is 38.5 cm³/mol. The molecule has 1 aliphatic heterocycles. The van der Waals surface area contributed by atoms with Gasteiger partial charge in [-0.25, -0.2) is 0 Å². The number of rotatable bonds is 0. The Kier molecular flexibility index (Phi) is 1.40. The highest BCUT2D eigenvalue weighted by atomic mass is 16.2. The average molecular weight is 139 g/mol. The van der Waals surface area contributed by atoms with Crippen LogP contribution < -0.4 is 5.32 Å². The first-order valence-corrected chi connectivity index (χ1v) is 4.15. The second-order valence-electron chi connectivity index (χ2n) is 3.42. The molecule has 56 valence electrons. The van der Waals surface area contributed by atoms with E-state index in [9.17, 15) is 4.79 Å². The largest absolute Gasteiger partial charge is 0.353 e. The van der Waals surface area contributed by atoms with Gasteiger partial charge in [-0.1, -0.05) is 12.8 Å². The lowest BCUT2D eigenvalue weighted by molar-refractivity contribution is -0.119. The van der Waals surface area contributed by atoms with Crippen LogP contribution in [0.1, 0.15) is 32.1 Å². The van der Waals surface area contributed by atoms with Crippen LogP contribution in [0.5, 0.6) is 0 Å². The van der Waals surface area contributed by atoms with E-state index in [0.717, 1.165) is 6.42 Å². The molecule has 1 heterocycles. The molecule has 0 aromatic heterocycles. The summed E-state index contributed by atoms with van der Waals surface area (Å²) in [6.45, 7) is 0. The third kappa shape index (κ3) is 0.917. The van der Waals surface area contributed by atoms with Crippen molar-refractivity contribution >= 4 is 5.91 Å². The van der Waals surface area contributed by atoms with Gasteiger partial charge in [-0.2, -0.15) is 0 Å². The zero-order valence-electron chi connectivity index (χ0n) is 6.10. The minimum absolute atomic E-state index is 0.275. The highest BCUT2D eigenvalue weighted by Crippen LogP contribution is 2.30. The van der Waals surface area contributed by atoms with Crippen LogP contribution in [0.3, 0.4) is 0 Å². The van der Waals surface area contributed by atoms with Crippen LogP contribution >= 0.6 is 0 Å². The molecule has 0 radical (unpaired) electrons. The number of carbonyl (C=O) groups excluding carboxylic acids is 1. The number of fused-ring (bicyclic) bond motifs is 1. The fraction of sp³-hybridized carbons (Fsp3) is 0.875. The van der Waals surface area contributed by atoms with Crippen molar-refractivity contribution in [1.29, 1.82) is 0 Å². The molecule has 2 nitrogen and oxygen atoms in total. The lowest BCUT2D eigenvalue weighted by Gasteiger charge is -2.23. The standard InChI is InChI=1S/C8H13NO/c10-8-5-6-3-1-2-4-7(6)9-8/h6-7H,1-5H2,(H,9,10)/t6-,7+/m1/s1. The monoisotopic (exact) mass is 139 g/mol. The van der Waals surface area contributed by atoms with Gasteiger partial charge in [-0.05, 0) is 18.8 Å². The molecule has 1 aliphatic carbocycles. The van der Waals surface area contributed by atoms with E-state index in [1.807, 2.05) is 0 Å². The number of hydrogen-bond donors (Lipinski definition) is 1. The van der Waals surface area contributed by atoms with E-state index >= 15 is 0 Å². The zero-order valence-corrected chi connectivity index (χ0v) is 6.10. The maximum absolute atomic E-state index is 10.9. The molecule has 0 bridgehead atoms. The van der Waals surface area contributed by atoms with Gasteiger partial charge in [0, 0.05) is 12.5 Å². The van der Waals surface area contributed by atoms with Gasteiger partial charge in [0.1, 0.15) is 0 Å². The van der Waals surface area contributed by atoms with Crippen molar-refractivity contribution in [2.24, 2.45) is 5.92 Å². The van der Waals surface area contributed by atoms with Crippen LogP contribution in [-0.2, 0) is 4.79 Å². The Balaban J connectivity index is 2.04. The van der Waals surface area contributed by atoms with Crippen LogP contribution in [0.25, 0.3) is 0 Å². The Morgan fingerprint density at radius 3 is 2.90 bits per heavy atom. The van der Waals surface area contributed by atoms with Gasteiger partial charge in [0.25, 0.3) is 0 Å². The van der Waals surface area contributed by atoms with Crippen molar-refractivity contribution in [2.45, 2.75) is 38.1 Å². The molecule has 1 N–H and O–H groups in total. The molecule has 2 atom stereocenters. The van der Waals surface area contributed by atoms with Gasteiger partial charge < -0.3 is 5.32 Å². The first-order chi connectivity index (χ1) is 4.86. The molecule has 10 heavy (non-hydrogen) atoms. The summed E-state index contributed by atoms with van der Waals surface area (Å²) < 4.78 is 0. The van der Waals surface area contributed by atoms with Gasteiger partial charge in [0.15, 0.2) is 0 Å². The van der Waals surface area contributed by atoms with E-state index in [2.05, 4.69) is 5.32 Å². The number of nitrogens with one attached hydrogen (secondary N) is 1. The first kappa shape index (κ1) is 6.20. The van der Waals surface area contributed by atoms with Crippen molar-refractivity contribution < 1.29 is 4.79 Å². The fourth-order valence-corrected chi connectivity index (χ4v) is 2.15. The minimum Gasteiger partial charge on any atom is -0.353 e. The second-order valence-corrected chi connectivity index (χ2v) is 3.42. The SMILES string of the molecule is O=C1C[C@H]2CCCC[C@@H]2N1. The molecule has 0 unspecified atom stereocenters. The molecule has 1 saturated carbocycles. The van der Waals surface area contributed by atoms with Gasteiger partial charge in [-0.3, -0.25) is 4.79 Å². The maximum atomic E-state index is 10.9. The van der Waals surface area contributed by atoms with E-state index in [0.29, 0.717) is 12.0 Å². The summed E-state index contributed by atoms with van der Waals surface area (Å²) in [5.41, 5.74) is 0. The zero-order chi connectivity index (χ0) is 6.97. The third-order valence-electron chi connectivity index (χ3n) is 2.70. The van der Waals surface area contributed by atoms with Gasteiger partial charge in [0.05, 0.1) is 0 Å². The fourth-order valence-electron chi connectivity index (χ4n) is 2.15. The molecule has 0 aromatic rings. The normalized spacial score (nSPS) is 39.0. The van der Waals surface area contributed by atoms with Crippen LogP contribution in [-0.4, -0.2) is 11.9 Å². The Bertz CT molecular complexity index is 139. The van der Waals surface area contributed by atoms with Crippen molar-refractivity contribution in [3.05, 3.63) is 0 Å². The van der Waals surface area contributed by atoms with Crippen molar-refractivity contribution in [3.8, 4) is 0 Å². The Hall–Kier alpha value is -0.530. The summed E-state index contributed by atoms with van der Waals surface area (Å²) >= 11 is 0. The summed E-state index contributed by atoms with van der Waals surface area (Å²) in [6, 6.07) is 0.543. The highest BCUT2D eigenvalue weighted by molar-refractivity contribution is 5.79. The highest BCUT2D eigenvalue weighted by Gasteiger charge is 2.33. The molecule has 2 rings (SSSR count). The van der Waals surface area contributed by atoms with Crippen molar-refractivity contribution in [2.75, 3.05) is 0 Å². The van der Waals surface area contributed by atoms with Crippen molar-refractivity contribution in [3.63, 3.8) is 0 Å². The lowest BCUT2D eigenvalue weighted by atomic mass is 9.85. The van der Waals surface area contributed by atoms with E-state index in [1.54, 1.807) is 0 Å². The lowest BCUT2D eigenvalue weighted by Crippen LogP contribution is -2.30. The Labute approximate surface area is 61.0 Å². The van der Waals surface area contributed by atoms with E-state index in [4.69, 9.17) is 0 Å². The summed E-state index contributed by atoms with van der Waals surface area (Å²) in [6.07, 6.45) is 5.92. The maximum Gasteiger partial charge on any atom is 0.220 e. The molecule has 1 saturated heterocycles. The molecular formula is C8H13NO. The molecular weight excluding hydrogens is 126 g/mol. The minimum atomic E-state index is 0.275. The third-order valence-corrected chi connectivity index (χ3v) is 2.70. The predicted octanol–water partition coefficient (Wildman–Crippen LogP) is 1.07. The summed E-state index contributed by atoms with van der Waals surface area (Å²) in [4.78, 5) is 10.9. The molecule has 1 amide bonds. The van der Waals surface area contributed by atoms with Crippen LogP contribution in [0.4, 0.5) is 0 Å². The van der Waals surface area contributed by atoms with E-state index in [1.165, 1.54) is 25.7 Å². The van der Waals surface area contributed by atoms with Gasteiger partial charge in [0.2, 0.25) is 5.91 Å². The summed E-state index contributed by atoms with van der Waals surface area (Å²) in [7, 11) is 0. The number of amides is 1. The van der Waals surface area contributed by atoms with Crippen LogP contribution in [0.15, 0.2) is 0 Å². The van der Waals surface area contributed by atoms with Gasteiger partial charge >= 0.3 is 0 Å². The Morgan fingerprint density at radius 2 is 2.10 bits per heavy atom. The van der Waals surface area contributed by atoms with Crippen LogP contribution in [0, 0.1) is 5.92 Å². The summed E-state index contributed by atoms with van der Waals surface area (Å²) in [5, 5.41) is 3.02. The average Bonchev–Trinajstić information content (AvgIpc) is 2.27. The second kappa shape index (κ2) is 2.26. The van der Waals surface area contributed by atoms with E-state index < -0.39 is 0 Å². The van der Waals surface area contributed by atoms with Gasteiger partial charge in [-0.15, -0.1) is 0 Å². The smallest absolute Gasteiger partial charge is 0.220 e. The van der Waals surface area contributed by atoms with Crippen LogP contribution in [0.2, 0.25) is 0 Å². The number of hydrogen-bond acceptors (Lipinski definition) is 1. The van der Waals surface area contributed by atoms with E-state index in [-0.39, 0.29) is 5.91 Å². The summed E-state index contributed by atoms with van der Waals surface area (Å²) in [5.74, 6) is 0.957. The molecule has 0 spiro atoms. The topological polar surface area (TPSA) is 29.1 Å².